The van der Waals surface area contributed by atoms with E-state index in [-0.39, 0.29) is 24.5 Å². The molecule has 4 rings (SSSR count). The normalized spacial score (nSPS) is 16.1. The van der Waals surface area contributed by atoms with E-state index < -0.39 is 0 Å². The topological polar surface area (TPSA) is 86.5 Å². The average molecular weight is 461 g/mol. The Labute approximate surface area is 196 Å². The smallest absolute Gasteiger partial charge is 0.261 e. The van der Waals surface area contributed by atoms with Crippen molar-refractivity contribution >= 4 is 23.2 Å². The van der Waals surface area contributed by atoms with Gasteiger partial charge < -0.3 is 14.5 Å². The Morgan fingerprint density at radius 2 is 1.88 bits per heavy atom. The lowest BCUT2D eigenvalue weighted by atomic mass is 10.1. The van der Waals surface area contributed by atoms with Crippen molar-refractivity contribution < 1.29 is 14.3 Å². The minimum Gasteiger partial charge on any atom is -0.484 e. The summed E-state index contributed by atoms with van der Waals surface area (Å²) in [5, 5.41) is 11.8. The molecule has 2 heterocycles. The van der Waals surface area contributed by atoms with E-state index in [1.54, 1.807) is 28.9 Å². The van der Waals surface area contributed by atoms with E-state index in [1.165, 1.54) is 11.3 Å². The van der Waals surface area contributed by atoms with Gasteiger partial charge in [-0.05, 0) is 30.7 Å². The molecule has 33 heavy (non-hydrogen) atoms. The summed E-state index contributed by atoms with van der Waals surface area (Å²) in [5.41, 5.74) is 2.32. The fraction of sp³-hybridized carbons (Fsp3) is 0.280. The van der Waals surface area contributed by atoms with Gasteiger partial charge in [0.05, 0.1) is 23.4 Å². The Balaban J connectivity index is 1.55. The predicted molar refractivity (Wildman–Crippen MR) is 126 cm³/mol. The summed E-state index contributed by atoms with van der Waals surface area (Å²) in [6.45, 7) is 2.95. The molecule has 1 atom stereocenters. The number of aromatic nitrogens is 1. The van der Waals surface area contributed by atoms with Crippen LogP contribution in [-0.4, -0.2) is 52.8 Å². The number of thiazole rings is 1. The molecule has 1 fully saturated rings. The first-order chi connectivity index (χ1) is 16.0. The Hall–Kier alpha value is -3.70. The number of rotatable bonds is 5. The Morgan fingerprint density at radius 1 is 1.12 bits per heavy atom. The van der Waals surface area contributed by atoms with Crippen LogP contribution in [0, 0.1) is 11.3 Å². The first-order valence-corrected chi connectivity index (χ1v) is 11.6. The van der Waals surface area contributed by atoms with Gasteiger partial charge in [0.15, 0.2) is 6.61 Å². The molecule has 0 bridgehead atoms. The van der Waals surface area contributed by atoms with Crippen LogP contribution in [0.4, 0.5) is 0 Å². The van der Waals surface area contributed by atoms with Gasteiger partial charge >= 0.3 is 0 Å². The first-order valence-electron chi connectivity index (χ1n) is 10.7. The lowest BCUT2D eigenvalue weighted by Gasteiger charge is -2.28. The number of ether oxygens (including phenoxy) is 1. The van der Waals surface area contributed by atoms with E-state index in [0.717, 1.165) is 16.3 Å². The van der Waals surface area contributed by atoms with Crippen LogP contribution < -0.4 is 4.74 Å². The quantitative estimate of drug-likeness (QED) is 0.577. The molecule has 1 aliphatic heterocycles. The third kappa shape index (κ3) is 5.38. The van der Waals surface area contributed by atoms with Gasteiger partial charge in [-0.3, -0.25) is 9.59 Å². The molecule has 8 heteroatoms. The molecule has 168 valence electrons. The van der Waals surface area contributed by atoms with Gasteiger partial charge in [-0.2, -0.15) is 5.26 Å². The predicted octanol–water partition coefficient (Wildman–Crippen LogP) is 3.88. The van der Waals surface area contributed by atoms with Gasteiger partial charge in [-0.1, -0.05) is 30.3 Å². The first kappa shape index (κ1) is 22.5. The van der Waals surface area contributed by atoms with Gasteiger partial charge in [-0.25, -0.2) is 4.98 Å². The van der Waals surface area contributed by atoms with Crippen molar-refractivity contribution in [3.8, 4) is 23.1 Å². The molecule has 1 aromatic heterocycles. The van der Waals surface area contributed by atoms with Crippen LogP contribution >= 0.6 is 11.3 Å². The van der Waals surface area contributed by atoms with E-state index in [1.807, 2.05) is 47.8 Å². The largest absolute Gasteiger partial charge is 0.484 e. The van der Waals surface area contributed by atoms with Gasteiger partial charge in [0.1, 0.15) is 10.8 Å². The summed E-state index contributed by atoms with van der Waals surface area (Å²) in [6, 6.07) is 18.4. The zero-order valence-corrected chi connectivity index (χ0v) is 19.1. The fourth-order valence-corrected chi connectivity index (χ4v) is 4.81. The summed E-state index contributed by atoms with van der Waals surface area (Å²) in [4.78, 5) is 33.5. The minimum atomic E-state index is -0.238. The maximum atomic E-state index is 13.2. The number of carbonyl (C=O) groups is 2. The van der Waals surface area contributed by atoms with E-state index >= 15 is 0 Å². The Bertz CT molecular complexity index is 1150. The molecule has 1 unspecified atom stereocenters. The zero-order chi connectivity index (χ0) is 23.2. The second-order valence-corrected chi connectivity index (χ2v) is 8.65. The number of hydrogen-bond donors (Lipinski definition) is 0. The summed E-state index contributed by atoms with van der Waals surface area (Å²) in [6.07, 6.45) is 0.608. The van der Waals surface area contributed by atoms with Crippen LogP contribution in [0.1, 0.15) is 30.0 Å². The highest BCUT2D eigenvalue weighted by Gasteiger charge is 2.32. The van der Waals surface area contributed by atoms with Crippen molar-refractivity contribution in [2.75, 3.05) is 26.2 Å². The van der Waals surface area contributed by atoms with Crippen LogP contribution in [0.2, 0.25) is 0 Å². The van der Waals surface area contributed by atoms with Gasteiger partial charge in [0.25, 0.3) is 5.91 Å². The molecule has 0 saturated carbocycles. The second kappa shape index (κ2) is 10.3. The Morgan fingerprint density at radius 3 is 2.58 bits per heavy atom. The number of benzene rings is 2. The lowest BCUT2D eigenvalue weighted by molar-refractivity contribution is -0.136. The van der Waals surface area contributed by atoms with Gasteiger partial charge in [0, 0.05) is 37.5 Å². The third-order valence-corrected chi connectivity index (χ3v) is 6.59. The number of para-hydroxylation sites is 1. The van der Waals surface area contributed by atoms with Gasteiger partial charge in [-0.15, -0.1) is 11.3 Å². The average Bonchev–Trinajstić information content (AvgIpc) is 3.22. The van der Waals surface area contributed by atoms with E-state index in [2.05, 4.69) is 6.07 Å². The van der Waals surface area contributed by atoms with Gasteiger partial charge in [0.2, 0.25) is 5.91 Å². The summed E-state index contributed by atoms with van der Waals surface area (Å²) < 4.78 is 5.70. The molecule has 0 radical (unpaired) electrons. The number of amides is 2. The van der Waals surface area contributed by atoms with Crippen molar-refractivity contribution in [3.63, 3.8) is 0 Å². The summed E-state index contributed by atoms with van der Waals surface area (Å²) in [7, 11) is 0. The van der Waals surface area contributed by atoms with Crippen LogP contribution in [-0.2, 0) is 9.59 Å². The van der Waals surface area contributed by atoms with Crippen LogP contribution in [0.5, 0.6) is 5.75 Å². The highest BCUT2D eigenvalue weighted by molar-refractivity contribution is 7.10. The third-order valence-electron chi connectivity index (χ3n) is 5.65. The maximum absolute atomic E-state index is 13.2. The van der Waals surface area contributed by atoms with Crippen LogP contribution in [0.3, 0.4) is 0 Å². The summed E-state index contributed by atoms with van der Waals surface area (Å²) in [5.74, 6) is 0.505. The zero-order valence-electron chi connectivity index (χ0n) is 18.3. The molecule has 0 N–H and O–H groups in total. The van der Waals surface area contributed by atoms with Crippen molar-refractivity contribution in [1.29, 1.82) is 5.26 Å². The molecule has 2 aromatic carbocycles. The number of nitriles is 1. The number of hydrogen-bond acceptors (Lipinski definition) is 6. The van der Waals surface area contributed by atoms with Crippen molar-refractivity contribution in [2.45, 2.75) is 19.4 Å². The summed E-state index contributed by atoms with van der Waals surface area (Å²) >= 11 is 1.50. The fourth-order valence-electron chi connectivity index (χ4n) is 3.83. The highest BCUT2D eigenvalue weighted by Crippen LogP contribution is 2.32. The molecule has 0 spiro atoms. The number of carbonyl (C=O) groups excluding carboxylic acids is 2. The van der Waals surface area contributed by atoms with Crippen molar-refractivity contribution in [2.24, 2.45) is 0 Å². The monoisotopic (exact) mass is 460 g/mol. The SMILES string of the molecule is CC(=O)N1CCC(c2nc(-c3ccc(C#N)cc3)cs2)N(C(=O)COc2ccccc2)CC1. The van der Waals surface area contributed by atoms with Crippen LogP contribution in [0.15, 0.2) is 60.0 Å². The molecule has 1 aliphatic rings. The molecule has 2 amide bonds. The van der Waals surface area contributed by atoms with E-state index in [9.17, 15) is 9.59 Å². The van der Waals surface area contributed by atoms with Crippen molar-refractivity contribution in [3.05, 3.63) is 70.5 Å². The lowest BCUT2D eigenvalue weighted by Crippen LogP contribution is -2.40. The molecule has 3 aromatic rings. The second-order valence-electron chi connectivity index (χ2n) is 7.76. The molecule has 1 saturated heterocycles. The van der Waals surface area contributed by atoms with Crippen LogP contribution in [0.25, 0.3) is 11.3 Å². The Kier molecular flexibility index (Phi) is 7.01. The van der Waals surface area contributed by atoms with Crippen molar-refractivity contribution in [1.82, 2.24) is 14.8 Å². The molecular weight excluding hydrogens is 436 g/mol. The standard InChI is InChI=1S/C25H24N4O3S/c1-18(30)28-12-11-23(25-27-22(17-33-25)20-9-7-19(15-26)8-10-20)29(14-13-28)24(31)16-32-21-5-3-2-4-6-21/h2-10,17,23H,11-14,16H2,1H3. The highest BCUT2D eigenvalue weighted by atomic mass is 32.1. The maximum Gasteiger partial charge on any atom is 0.261 e. The van der Waals surface area contributed by atoms with E-state index in [0.29, 0.717) is 37.4 Å². The molecular formula is C25H24N4O3S. The molecule has 7 nitrogen and oxygen atoms in total. The minimum absolute atomic E-state index is 0.000921. The van der Waals surface area contributed by atoms with E-state index in [4.69, 9.17) is 15.0 Å². The molecule has 0 aliphatic carbocycles. The number of nitrogens with zero attached hydrogens (tertiary/aromatic N) is 4.